The van der Waals surface area contributed by atoms with Gasteiger partial charge in [0.25, 0.3) is 5.56 Å². The van der Waals surface area contributed by atoms with Gasteiger partial charge in [-0.05, 0) is 49.2 Å². The van der Waals surface area contributed by atoms with Crippen LogP contribution in [0.4, 0.5) is 10.5 Å². The molecule has 0 saturated carbocycles. The summed E-state index contributed by atoms with van der Waals surface area (Å²) >= 11 is 0. The molecule has 2 aromatic carbocycles. The number of carboxylic acid groups (broad SMARTS) is 1. The van der Waals surface area contributed by atoms with Crippen LogP contribution in [0.5, 0.6) is 0 Å². The first-order valence-corrected chi connectivity index (χ1v) is 9.37. The minimum absolute atomic E-state index is 0.347. The summed E-state index contributed by atoms with van der Waals surface area (Å²) in [6, 6.07) is 13.1. The number of hydrogen-bond acceptors (Lipinski definition) is 4. The van der Waals surface area contributed by atoms with Crippen molar-refractivity contribution in [1.29, 1.82) is 0 Å². The summed E-state index contributed by atoms with van der Waals surface area (Å²) < 4.78 is 2.71. The molecule has 2 aromatic heterocycles. The standard InChI is InChI=1S/C21H19N5O4/c27-19-17-5-1-2-6-18(17)25(11-3-4-15-12-22-13-23-15)21(30)26(19)16-9-7-14(8-10-16)24-20(28)29/h1-2,5-10,12-13,24H,3-4,11H2,(H,22,23)(H,28,29). The molecule has 0 unspecified atom stereocenters. The maximum atomic E-state index is 13.3. The van der Waals surface area contributed by atoms with Crippen molar-refractivity contribution in [3.05, 3.63) is 87.6 Å². The van der Waals surface area contributed by atoms with Gasteiger partial charge in [0.05, 0.1) is 22.9 Å². The van der Waals surface area contributed by atoms with E-state index in [0.717, 1.165) is 16.7 Å². The molecule has 0 atom stereocenters. The fraction of sp³-hybridized carbons (Fsp3) is 0.143. The third-order valence-electron chi connectivity index (χ3n) is 4.81. The molecule has 4 aromatic rings. The highest BCUT2D eigenvalue weighted by Gasteiger charge is 2.14. The largest absolute Gasteiger partial charge is 0.465 e. The highest BCUT2D eigenvalue weighted by atomic mass is 16.4. The van der Waals surface area contributed by atoms with Crippen LogP contribution in [0.3, 0.4) is 0 Å². The monoisotopic (exact) mass is 405 g/mol. The van der Waals surface area contributed by atoms with Crippen LogP contribution in [-0.2, 0) is 13.0 Å². The molecular weight excluding hydrogens is 386 g/mol. The predicted octanol–water partition coefficient (Wildman–Crippen LogP) is 2.60. The van der Waals surface area contributed by atoms with Gasteiger partial charge in [0.1, 0.15) is 0 Å². The second-order valence-corrected chi connectivity index (χ2v) is 6.75. The zero-order valence-electron chi connectivity index (χ0n) is 15.9. The Balaban J connectivity index is 1.77. The summed E-state index contributed by atoms with van der Waals surface area (Å²) in [4.78, 5) is 44.1. The average molecular weight is 405 g/mol. The normalized spacial score (nSPS) is 10.9. The van der Waals surface area contributed by atoms with Crippen LogP contribution in [-0.4, -0.2) is 30.3 Å². The molecule has 0 saturated heterocycles. The highest BCUT2D eigenvalue weighted by molar-refractivity contribution is 5.83. The van der Waals surface area contributed by atoms with Crippen LogP contribution in [0, 0.1) is 0 Å². The van der Waals surface area contributed by atoms with Crippen LogP contribution >= 0.6 is 0 Å². The first-order valence-electron chi connectivity index (χ1n) is 9.37. The molecule has 0 aliphatic heterocycles. The zero-order valence-corrected chi connectivity index (χ0v) is 15.9. The number of fused-ring (bicyclic) bond motifs is 1. The Labute approximate surface area is 170 Å². The van der Waals surface area contributed by atoms with E-state index in [2.05, 4.69) is 15.3 Å². The van der Waals surface area contributed by atoms with Crippen LogP contribution in [0.25, 0.3) is 16.6 Å². The lowest BCUT2D eigenvalue weighted by Gasteiger charge is -2.14. The second kappa shape index (κ2) is 8.08. The van der Waals surface area contributed by atoms with Crippen LogP contribution in [0.1, 0.15) is 12.1 Å². The third kappa shape index (κ3) is 3.72. The highest BCUT2D eigenvalue weighted by Crippen LogP contribution is 2.14. The maximum absolute atomic E-state index is 13.3. The number of carbonyl (C=O) groups is 1. The molecule has 9 heteroatoms. The Bertz CT molecular complexity index is 1300. The number of aryl methyl sites for hydroxylation is 2. The summed E-state index contributed by atoms with van der Waals surface area (Å²) in [5.74, 6) is 0. The van der Waals surface area contributed by atoms with Crippen LogP contribution in [0.2, 0.25) is 0 Å². The predicted molar refractivity (Wildman–Crippen MR) is 112 cm³/mol. The summed E-state index contributed by atoms with van der Waals surface area (Å²) in [5.41, 5.74) is 1.41. The molecule has 2 heterocycles. The number of H-pyrrole nitrogens is 1. The van der Waals surface area contributed by atoms with Crippen LogP contribution in [0.15, 0.2) is 70.6 Å². The molecule has 0 spiro atoms. The fourth-order valence-corrected chi connectivity index (χ4v) is 3.43. The second-order valence-electron chi connectivity index (χ2n) is 6.75. The summed E-state index contributed by atoms with van der Waals surface area (Å²) in [7, 11) is 0. The molecule has 0 fully saturated rings. The van der Waals surface area contributed by atoms with Gasteiger partial charge in [-0.15, -0.1) is 0 Å². The number of nitrogens with zero attached hydrogens (tertiary/aromatic N) is 3. The molecule has 3 N–H and O–H groups in total. The SMILES string of the molecule is O=C(O)Nc1ccc(-n2c(=O)c3ccccc3n(CCCc3cnc[nH]3)c2=O)cc1. The van der Waals surface area contributed by atoms with Gasteiger partial charge in [-0.25, -0.2) is 19.1 Å². The van der Waals surface area contributed by atoms with Crippen molar-refractivity contribution in [1.82, 2.24) is 19.1 Å². The summed E-state index contributed by atoms with van der Waals surface area (Å²) in [6.45, 7) is 0.428. The van der Waals surface area contributed by atoms with Gasteiger partial charge >= 0.3 is 11.8 Å². The van der Waals surface area contributed by atoms with E-state index in [1.54, 1.807) is 41.4 Å². The van der Waals surface area contributed by atoms with Gasteiger partial charge in [0.15, 0.2) is 0 Å². The van der Waals surface area contributed by atoms with E-state index in [1.807, 2.05) is 0 Å². The number of imidazole rings is 1. The molecule has 1 amide bonds. The van der Waals surface area contributed by atoms with E-state index < -0.39 is 17.3 Å². The van der Waals surface area contributed by atoms with Gasteiger partial charge in [-0.2, -0.15) is 0 Å². The Kier molecular flexibility index (Phi) is 5.17. The number of rotatable bonds is 6. The third-order valence-corrected chi connectivity index (χ3v) is 4.81. The average Bonchev–Trinajstić information content (AvgIpc) is 3.25. The van der Waals surface area contributed by atoms with Crippen molar-refractivity contribution in [2.75, 3.05) is 5.32 Å². The molecule has 4 rings (SSSR count). The van der Waals surface area contributed by atoms with Crippen molar-refractivity contribution >= 4 is 22.7 Å². The number of hydrogen-bond donors (Lipinski definition) is 3. The lowest BCUT2D eigenvalue weighted by atomic mass is 10.2. The minimum Gasteiger partial charge on any atom is -0.465 e. The Hall–Kier alpha value is -4.14. The van der Waals surface area contributed by atoms with E-state index in [1.165, 1.54) is 24.3 Å². The lowest BCUT2D eigenvalue weighted by molar-refractivity contribution is 0.209. The topological polar surface area (TPSA) is 122 Å². The molecular formula is C21H19N5O4. The number of nitrogens with one attached hydrogen (secondary N) is 2. The van der Waals surface area contributed by atoms with E-state index in [4.69, 9.17) is 5.11 Å². The molecule has 0 bridgehead atoms. The molecule has 152 valence electrons. The van der Waals surface area contributed by atoms with Crippen molar-refractivity contribution in [3.8, 4) is 5.69 Å². The number of benzene rings is 2. The van der Waals surface area contributed by atoms with Crippen LogP contribution < -0.4 is 16.6 Å². The smallest absolute Gasteiger partial charge is 0.409 e. The molecule has 0 radical (unpaired) electrons. The van der Waals surface area contributed by atoms with Gasteiger partial charge in [0.2, 0.25) is 0 Å². The minimum atomic E-state index is -1.19. The Morgan fingerprint density at radius 2 is 1.87 bits per heavy atom. The molecule has 0 aliphatic rings. The van der Waals surface area contributed by atoms with Gasteiger partial charge in [-0.1, -0.05) is 12.1 Å². The van der Waals surface area contributed by atoms with Crippen molar-refractivity contribution in [3.63, 3.8) is 0 Å². The number of para-hydroxylation sites is 1. The molecule has 30 heavy (non-hydrogen) atoms. The zero-order chi connectivity index (χ0) is 21.1. The Morgan fingerprint density at radius 3 is 2.57 bits per heavy atom. The van der Waals surface area contributed by atoms with Gasteiger partial charge in [0, 0.05) is 24.1 Å². The van der Waals surface area contributed by atoms with Crippen molar-refractivity contribution < 1.29 is 9.90 Å². The first-order chi connectivity index (χ1) is 14.5. The maximum Gasteiger partial charge on any atom is 0.409 e. The molecule has 9 nitrogen and oxygen atoms in total. The fourth-order valence-electron chi connectivity index (χ4n) is 3.43. The molecule has 0 aliphatic carbocycles. The van der Waals surface area contributed by atoms with E-state index in [-0.39, 0.29) is 0 Å². The van der Waals surface area contributed by atoms with E-state index in [0.29, 0.717) is 35.2 Å². The van der Waals surface area contributed by atoms with Crippen molar-refractivity contribution in [2.24, 2.45) is 0 Å². The quantitative estimate of drug-likeness (QED) is 0.455. The number of amides is 1. The first kappa shape index (κ1) is 19.2. The summed E-state index contributed by atoms with van der Waals surface area (Å²) in [6.07, 6.45) is 3.57. The van der Waals surface area contributed by atoms with E-state index in [9.17, 15) is 14.4 Å². The lowest BCUT2D eigenvalue weighted by Crippen LogP contribution is -2.39. The Morgan fingerprint density at radius 1 is 1.10 bits per heavy atom. The number of aromatic amines is 1. The van der Waals surface area contributed by atoms with Gasteiger partial charge in [-0.3, -0.25) is 14.7 Å². The number of anilines is 1. The number of aromatic nitrogens is 4. The van der Waals surface area contributed by atoms with E-state index >= 15 is 0 Å². The summed E-state index contributed by atoms with van der Waals surface area (Å²) in [5, 5.41) is 11.5. The van der Waals surface area contributed by atoms with Crippen molar-refractivity contribution in [2.45, 2.75) is 19.4 Å². The van der Waals surface area contributed by atoms with Gasteiger partial charge < -0.3 is 10.1 Å².